The molecule has 1 N–H and O–H groups in total. The molecule has 3 nitrogen and oxygen atoms in total. The highest BCUT2D eigenvalue weighted by Gasteiger charge is 2.59. The Bertz CT molecular complexity index is 1060. The number of benzene rings is 3. The summed E-state index contributed by atoms with van der Waals surface area (Å²) < 4.78 is 101. The van der Waals surface area contributed by atoms with Gasteiger partial charge in [-0.25, -0.2) is 4.39 Å². The van der Waals surface area contributed by atoms with Crippen molar-refractivity contribution in [3.05, 3.63) is 95.8 Å². The molecule has 0 aromatic heterocycles. The maximum atomic E-state index is 14.5. The molecule has 0 fully saturated rings. The lowest BCUT2D eigenvalue weighted by atomic mass is 10.1. The summed E-state index contributed by atoms with van der Waals surface area (Å²) in [5.74, 6) is -1.31. The maximum Gasteiger partial charge on any atom is 0.440 e. The first-order valence-electron chi connectivity index (χ1n) is 9.57. The number of hydrogen-bond acceptors (Lipinski definition) is 3. The van der Waals surface area contributed by atoms with E-state index in [0.29, 0.717) is 11.0 Å². The van der Waals surface area contributed by atoms with Crippen molar-refractivity contribution >= 4 is 5.69 Å². The lowest BCUT2D eigenvalue weighted by Gasteiger charge is -2.42. The van der Waals surface area contributed by atoms with E-state index < -0.39 is 48.2 Å². The molecule has 0 heterocycles. The van der Waals surface area contributed by atoms with Crippen LogP contribution in [-0.2, 0) is 12.7 Å². The number of hydrogen-bond donors (Lipinski definition) is 1. The monoisotopic (exact) mass is 473 g/mol. The standard InChI is InChI=1S/C23H18F7NO2/c24-20-13-17(22(25,26)27)12-11-16(20)14-31(18-7-3-1-4-8-18)21(32,23(28,29)30)15-33-19-9-5-2-6-10-19/h1-13,32H,14-15H2. The normalized spacial score (nSPS) is 13.9. The van der Waals surface area contributed by atoms with E-state index in [0.717, 1.165) is 6.07 Å². The smallest absolute Gasteiger partial charge is 0.440 e. The van der Waals surface area contributed by atoms with Crippen LogP contribution in [0.4, 0.5) is 36.4 Å². The SMILES string of the molecule is OC(COc1ccccc1)(N(Cc1ccc(C(F)(F)F)cc1F)c1ccccc1)C(F)(F)F. The Kier molecular flexibility index (Phi) is 6.87. The highest BCUT2D eigenvalue weighted by atomic mass is 19.4. The van der Waals surface area contributed by atoms with Crippen molar-refractivity contribution in [3.63, 3.8) is 0 Å². The summed E-state index contributed by atoms with van der Waals surface area (Å²) in [7, 11) is 0. The molecule has 3 aromatic rings. The summed E-state index contributed by atoms with van der Waals surface area (Å²) >= 11 is 0. The molecule has 0 aliphatic carbocycles. The van der Waals surface area contributed by atoms with Crippen molar-refractivity contribution < 1.29 is 40.6 Å². The molecule has 0 aliphatic heterocycles. The van der Waals surface area contributed by atoms with Crippen LogP contribution in [0.2, 0.25) is 0 Å². The minimum atomic E-state index is -5.28. The molecule has 1 atom stereocenters. The Morgan fingerprint density at radius 2 is 1.36 bits per heavy atom. The summed E-state index contributed by atoms with van der Waals surface area (Å²) in [4.78, 5) is 0.446. The van der Waals surface area contributed by atoms with Crippen LogP contribution in [-0.4, -0.2) is 23.6 Å². The minimum absolute atomic E-state index is 0.0499. The second kappa shape index (κ2) is 9.30. The Balaban J connectivity index is 2.03. The van der Waals surface area contributed by atoms with Crippen LogP contribution in [0.1, 0.15) is 11.1 Å². The van der Waals surface area contributed by atoms with E-state index in [1.807, 2.05) is 0 Å². The second-order valence-corrected chi connectivity index (χ2v) is 7.14. The first-order chi connectivity index (χ1) is 15.4. The summed E-state index contributed by atoms with van der Waals surface area (Å²) in [5.41, 5.74) is -5.55. The van der Waals surface area contributed by atoms with Gasteiger partial charge in [-0.1, -0.05) is 42.5 Å². The van der Waals surface area contributed by atoms with Gasteiger partial charge in [-0.05, 0) is 36.4 Å². The van der Waals surface area contributed by atoms with Gasteiger partial charge < -0.3 is 14.7 Å². The molecular formula is C23H18F7NO2. The molecule has 0 aliphatic rings. The van der Waals surface area contributed by atoms with Gasteiger partial charge in [-0.3, -0.25) is 0 Å². The molecular weight excluding hydrogens is 455 g/mol. The molecule has 176 valence electrons. The lowest BCUT2D eigenvalue weighted by Crippen LogP contribution is -2.62. The fourth-order valence-electron chi connectivity index (χ4n) is 3.08. The van der Waals surface area contributed by atoms with Gasteiger partial charge in [0.2, 0.25) is 0 Å². The molecule has 0 saturated heterocycles. The van der Waals surface area contributed by atoms with Crippen LogP contribution < -0.4 is 9.64 Å². The Morgan fingerprint density at radius 3 is 1.88 bits per heavy atom. The number of halogens is 7. The zero-order valence-electron chi connectivity index (χ0n) is 16.9. The number of ether oxygens (including phenoxy) is 1. The van der Waals surface area contributed by atoms with E-state index in [-0.39, 0.29) is 17.5 Å². The van der Waals surface area contributed by atoms with Gasteiger partial charge in [0.25, 0.3) is 5.72 Å². The number of para-hydroxylation sites is 2. The number of nitrogens with zero attached hydrogens (tertiary/aromatic N) is 1. The number of alkyl halides is 6. The maximum absolute atomic E-state index is 14.5. The molecule has 0 saturated carbocycles. The molecule has 10 heteroatoms. The van der Waals surface area contributed by atoms with Gasteiger partial charge in [0.15, 0.2) is 0 Å². The highest BCUT2D eigenvalue weighted by molar-refractivity contribution is 5.50. The Hall–Kier alpha value is -3.27. The molecule has 33 heavy (non-hydrogen) atoms. The van der Waals surface area contributed by atoms with Gasteiger partial charge in [-0.2, -0.15) is 26.3 Å². The minimum Gasteiger partial charge on any atom is -0.488 e. The van der Waals surface area contributed by atoms with Gasteiger partial charge in [0.05, 0.1) is 5.56 Å². The van der Waals surface area contributed by atoms with Crippen LogP contribution in [0, 0.1) is 5.82 Å². The third-order valence-corrected chi connectivity index (χ3v) is 4.86. The molecule has 3 aromatic carbocycles. The number of anilines is 1. The Morgan fingerprint density at radius 1 is 0.788 bits per heavy atom. The summed E-state index contributed by atoms with van der Waals surface area (Å²) in [6.07, 6.45) is -10.1. The molecule has 0 bridgehead atoms. The topological polar surface area (TPSA) is 32.7 Å². The fourth-order valence-corrected chi connectivity index (χ4v) is 3.08. The van der Waals surface area contributed by atoms with Crippen molar-refractivity contribution in [2.75, 3.05) is 11.5 Å². The van der Waals surface area contributed by atoms with Crippen molar-refractivity contribution in [2.24, 2.45) is 0 Å². The predicted octanol–water partition coefficient (Wildman–Crippen LogP) is 6.18. The van der Waals surface area contributed by atoms with Gasteiger partial charge in [0, 0.05) is 17.8 Å². The highest BCUT2D eigenvalue weighted by Crippen LogP contribution is 2.39. The molecule has 0 spiro atoms. The van der Waals surface area contributed by atoms with Gasteiger partial charge in [-0.15, -0.1) is 0 Å². The van der Waals surface area contributed by atoms with Crippen molar-refractivity contribution in [2.45, 2.75) is 24.6 Å². The first kappa shape index (κ1) is 24.4. The van der Waals surface area contributed by atoms with Gasteiger partial charge in [0.1, 0.15) is 18.2 Å². The third kappa shape index (κ3) is 5.57. The summed E-state index contributed by atoms with van der Waals surface area (Å²) in [6.45, 7) is -2.17. The second-order valence-electron chi connectivity index (χ2n) is 7.14. The summed E-state index contributed by atoms with van der Waals surface area (Å²) in [5, 5.41) is 10.8. The first-order valence-corrected chi connectivity index (χ1v) is 9.57. The molecule has 0 amide bonds. The third-order valence-electron chi connectivity index (χ3n) is 4.86. The number of rotatable bonds is 7. The molecule has 3 rings (SSSR count). The zero-order valence-corrected chi connectivity index (χ0v) is 16.9. The quantitative estimate of drug-likeness (QED) is 0.329. The lowest BCUT2D eigenvalue weighted by molar-refractivity contribution is -0.268. The van der Waals surface area contributed by atoms with E-state index in [1.165, 1.54) is 54.6 Å². The van der Waals surface area contributed by atoms with Crippen LogP contribution in [0.5, 0.6) is 5.75 Å². The van der Waals surface area contributed by atoms with Crippen LogP contribution in [0.15, 0.2) is 78.9 Å². The molecule has 1 unspecified atom stereocenters. The van der Waals surface area contributed by atoms with E-state index in [2.05, 4.69) is 0 Å². The van der Waals surface area contributed by atoms with E-state index >= 15 is 0 Å². The van der Waals surface area contributed by atoms with E-state index in [4.69, 9.17) is 4.74 Å². The summed E-state index contributed by atoms with van der Waals surface area (Å²) in [6, 6.07) is 15.8. The van der Waals surface area contributed by atoms with Crippen molar-refractivity contribution in [1.82, 2.24) is 0 Å². The fraction of sp³-hybridized carbons (Fsp3) is 0.217. The van der Waals surface area contributed by atoms with E-state index in [1.54, 1.807) is 6.07 Å². The average molecular weight is 473 g/mol. The molecule has 0 radical (unpaired) electrons. The van der Waals surface area contributed by atoms with Crippen molar-refractivity contribution in [3.8, 4) is 5.75 Å². The average Bonchev–Trinajstić information content (AvgIpc) is 2.76. The van der Waals surface area contributed by atoms with E-state index in [9.17, 15) is 35.8 Å². The van der Waals surface area contributed by atoms with Crippen molar-refractivity contribution in [1.29, 1.82) is 0 Å². The predicted molar refractivity (Wildman–Crippen MR) is 107 cm³/mol. The Labute approximate surface area is 184 Å². The zero-order chi connectivity index (χ0) is 24.3. The van der Waals surface area contributed by atoms with Gasteiger partial charge >= 0.3 is 12.4 Å². The largest absolute Gasteiger partial charge is 0.488 e. The van der Waals surface area contributed by atoms with Crippen LogP contribution in [0.25, 0.3) is 0 Å². The van der Waals surface area contributed by atoms with Crippen LogP contribution >= 0.6 is 0 Å². The van der Waals surface area contributed by atoms with Crippen LogP contribution in [0.3, 0.4) is 0 Å². The number of aliphatic hydroxyl groups is 1.